The van der Waals surface area contributed by atoms with Crippen LogP contribution in [0, 0.1) is 18.6 Å². The van der Waals surface area contributed by atoms with Crippen LogP contribution in [0.2, 0.25) is 0 Å². The summed E-state index contributed by atoms with van der Waals surface area (Å²) in [4.78, 5) is 12.1. The molecule has 0 aliphatic rings. The van der Waals surface area contributed by atoms with Crippen LogP contribution in [0.1, 0.15) is 34.5 Å². The number of halogens is 2. The molecule has 1 N–H and O–H groups in total. The molecule has 2 aromatic carbocycles. The van der Waals surface area contributed by atoms with Crippen molar-refractivity contribution in [3.63, 3.8) is 0 Å². The fourth-order valence-corrected chi connectivity index (χ4v) is 2.00. The van der Waals surface area contributed by atoms with Gasteiger partial charge in [0.2, 0.25) is 0 Å². The average molecular weight is 275 g/mol. The number of amides is 1. The first-order valence-corrected chi connectivity index (χ1v) is 6.30. The molecule has 0 saturated heterocycles. The smallest absolute Gasteiger partial charge is 0.251 e. The Morgan fingerprint density at radius 3 is 2.55 bits per heavy atom. The molecule has 0 fully saturated rings. The minimum atomic E-state index is -0.665. The van der Waals surface area contributed by atoms with Gasteiger partial charge in [0, 0.05) is 17.2 Å². The monoisotopic (exact) mass is 275 g/mol. The molecule has 4 heteroatoms. The normalized spacial score (nSPS) is 12.0. The lowest BCUT2D eigenvalue weighted by Crippen LogP contribution is -2.27. The van der Waals surface area contributed by atoms with E-state index in [2.05, 4.69) is 5.32 Å². The van der Waals surface area contributed by atoms with Crippen molar-refractivity contribution >= 4 is 5.91 Å². The first kappa shape index (κ1) is 14.2. The van der Waals surface area contributed by atoms with E-state index in [0.29, 0.717) is 5.56 Å². The summed E-state index contributed by atoms with van der Waals surface area (Å²) in [5, 5.41) is 2.70. The van der Waals surface area contributed by atoms with E-state index in [1.165, 1.54) is 12.1 Å². The van der Waals surface area contributed by atoms with Gasteiger partial charge in [-0.3, -0.25) is 4.79 Å². The summed E-state index contributed by atoms with van der Waals surface area (Å²) in [7, 11) is 0. The summed E-state index contributed by atoms with van der Waals surface area (Å²) in [6.45, 7) is 3.55. The largest absolute Gasteiger partial charge is 0.345 e. The Balaban J connectivity index is 2.15. The van der Waals surface area contributed by atoms with Crippen LogP contribution in [-0.4, -0.2) is 5.91 Å². The number of hydrogen-bond donors (Lipinski definition) is 1. The molecule has 20 heavy (non-hydrogen) atoms. The first-order chi connectivity index (χ1) is 9.47. The summed E-state index contributed by atoms with van der Waals surface area (Å²) in [5.41, 5.74) is 1.74. The number of hydrogen-bond acceptors (Lipinski definition) is 1. The Morgan fingerprint density at radius 2 is 1.90 bits per heavy atom. The number of carbonyl (C=O) groups is 1. The highest BCUT2D eigenvalue weighted by Gasteiger charge is 2.15. The lowest BCUT2D eigenvalue weighted by atomic mass is 10.1. The van der Waals surface area contributed by atoms with Crippen LogP contribution in [-0.2, 0) is 0 Å². The topological polar surface area (TPSA) is 29.1 Å². The standard InChI is InChI=1S/C16H15F2NO/c1-10-4-3-5-12(8-10)16(20)19-11(2)14-7-6-13(17)9-15(14)18/h3-9,11H,1-2H3,(H,19,20)/t11-/m0/s1. The van der Waals surface area contributed by atoms with E-state index < -0.39 is 17.7 Å². The molecule has 0 aromatic heterocycles. The molecular weight excluding hydrogens is 260 g/mol. The lowest BCUT2D eigenvalue weighted by molar-refractivity contribution is 0.0939. The maximum Gasteiger partial charge on any atom is 0.251 e. The fourth-order valence-electron chi connectivity index (χ4n) is 2.00. The van der Waals surface area contributed by atoms with Gasteiger partial charge < -0.3 is 5.32 Å². The quantitative estimate of drug-likeness (QED) is 0.907. The van der Waals surface area contributed by atoms with Crippen molar-refractivity contribution in [2.24, 2.45) is 0 Å². The molecule has 1 amide bonds. The van der Waals surface area contributed by atoms with E-state index in [1.807, 2.05) is 13.0 Å². The van der Waals surface area contributed by atoms with Crippen molar-refractivity contribution in [1.29, 1.82) is 0 Å². The van der Waals surface area contributed by atoms with Gasteiger partial charge in [0.25, 0.3) is 5.91 Å². The van der Waals surface area contributed by atoms with Crippen molar-refractivity contribution in [2.45, 2.75) is 19.9 Å². The number of aryl methyl sites for hydroxylation is 1. The minimum Gasteiger partial charge on any atom is -0.345 e. The van der Waals surface area contributed by atoms with Crippen molar-refractivity contribution < 1.29 is 13.6 Å². The lowest BCUT2D eigenvalue weighted by Gasteiger charge is -2.15. The zero-order valence-electron chi connectivity index (χ0n) is 11.3. The third-order valence-electron chi connectivity index (χ3n) is 3.06. The Kier molecular flexibility index (Phi) is 4.13. The van der Waals surface area contributed by atoms with Crippen LogP contribution in [0.3, 0.4) is 0 Å². The maximum absolute atomic E-state index is 13.6. The average Bonchev–Trinajstić information content (AvgIpc) is 2.38. The number of rotatable bonds is 3. The van der Waals surface area contributed by atoms with E-state index in [9.17, 15) is 13.6 Å². The second kappa shape index (κ2) is 5.82. The van der Waals surface area contributed by atoms with Gasteiger partial charge in [-0.25, -0.2) is 8.78 Å². The number of carbonyl (C=O) groups excluding carboxylic acids is 1. The molecule has 1 atom stereocenters. The SMILES string of the molecule is Cc1cccc(C(=O)N[C@@H](C)c2ccc(F)cc2F)c1. The molecule has 0 bridgehead atoms. The molecule has 0 unspecified atom stereocenters. The molecule has 2 nitrogen and oxygen atoms in total. The highest BCUT2D eigenvalue weighted by Crippen LogP contribution is 2.18. The highest BCUT2D eigenvalue weighted by molar-refractivity contribution is 5.94. The summed E-state index contributed by atoms with van der Waals surface area (Å²) >= 11 is 0. The Labute approximate surface area is 116 Å². The molecule has 0 spiro atoms. The molecule has 104 valence electrons. The second-order valence-electron chi connectivity index (χ2n) is 4.73. The third kappa shape index (κ3) is 3.20. The summed E-state index contributed by atoms with van der Waals surface area (Å²) in [5.74, 6) is -1.59. The maximum atomic E-state index is 13.6. The molecule has 2 rings (SSSR count). The van der Waals surface area contributed by atoms with Crippen molar-refractivity contribution in [2.75, 3.05) is 0 Å². The van der Waals surface area contributed by atoms with Crippen LogP contribution in [0.5, 0.6) is 0 Å². The van der Waals surface area contributed by atoms with E-state index in [4.69, 9.17) is 0 Å². The van der Waals surface area contributed by atoms with Gasteiger partial charge in [0.15, 0.2) is 0 Å². The number of benzene rings is 2. The van der Waals surface area contributed by atoms with E-state index in [0.717, 1.165) is 11.6 Å². The van der Waals surface area contributed by atoms with Gasteiger partial charge in [-0.05, 0) is 32.0 Å². The molecule has 0 heterocycles. The predicted octanol–water partition coefficient (Wildman–Crippen LogP) is 3.76. The van der Waals surface area contributed by atoms with E-state index >= 15 is 0 Å². The van der Waals surface area contributed by atoms with Crippen molar-refractivity contribution in [3.8, 4) is 0 Å². The van der Waals surface area contributed by atoms with Crippen LogP contribution in [0.4, 0.5) is 8.78 Å². The fraction of sp³-hybridized carbons (Fsp3) is 0.188. The van der Waals surface area contributed by atoms with Gasteiger partial charge in [-0.2, -0.15) is 0 Å². The van der Waals surface area contributed by atoms with Crippen molar-refractivity contribution in [3.05, 3.63) is 70.8 Å². The van der Waals surface area contributed by atoms with Crippen LogP contribution in [0.25, 0.3) is 0 Å². The van der Waals surface area contributed by atoms with Gasteiger partial charge in [-0.1, -0.05) is 23.8 Å². The molecule has 2 aromatic rings. The van der Waals surface area contributed by atoms with E-state index in [1.54, 1.807) is 25.1 Å². The van der Waals surface area contributed by atoms with Gasteiger partial charge in [0.1, 0.15) is 11.6 Å². The Bertz CT molecular complexity index is 640. The van der Waals surface area contributed by atoms with Gasteiger partial charge in [0.05, 0.1) is 6.04 Å². The van der Waals surface area contributed by atoms with E-state index in [-0.39, 0.29) is 11.5 Å². The van der Waals surface area contributed by atoms with Crippen molar-refractivity contribution in [1.82, 2.24) is 5.32 Å². The third-order valence-corrected chi connectivity index (χ3v) is 3.06. The van der Waals surface area contributed by atoms with Gasteiger partial charge >= 0.3 is 0 Å². The Hall–Kier alpha value is -2.23. The first-order valence-electron chi connectivity index (χ1n) is 6.30. The zero-order chi connectivity index (χ0) is 14.7. The molecule has 0 aliphatic heterocycles. The minimum absolute atomic E-state index is 0.257. The summed E-state index contributed by atoms with van der Waals surface area (Å²) in [6, 6.07) is 9.90. The molecule has 0 saturated carbocycles. The molecule has 0 radical (unpaired) electrons. The van der Waals surface area contributed by atoms with Crippen LogP contribution >= 0.6 is 0 Å². The predicted molar refractivity (Wildman–Crippen MR) is 73.4 cm³/mol. The second-order valence-corrected chi connectivity index (χ2v) is 4.73. The zero-order valence-corrected chi connectivity index (χ0v) is 11.3. The Morgan fingerprint density at radius 1 is 1.15 bits per heavy atom. The number of nitrogens with one attached hydrogen (secondary N) is 1. The molecule has 0 aliphatic carbocycles. The summed E-state index contributed by atoms with van der Waals surface area (Å²) in [6.07, 6.45) is 0. The molecular formula is C16H15F2NO. The van der Waals surface area contributed by atoms with Gasteiger partial charge in [-0.15, -0.1) is 0 Å². The van der Waals surface area contributed by atoms with Crippen LogP contribution in [0.15, 0.2) is 42.5 Å². The highest BCUT2D eigenvalue weighted by atomic mass is 19.1. The summed E-state index contributed by atoms with van der Waals surface area (Å²) < 4.78 is 26.5. The van der Waals surface area contributed by atoms with Crippen LogP contribution < -0.4 is 5.32 Å².